The first kappa shape index (κ1) is 22.2. The monoisotopic (exact) mass is 433 g/mol. The fraction of sp³-hybridized carbons (Fsp3) is 0.667. The van der Waals surface area contributed by atoms with Gasteiger partial charge in [-0.15, -0.1) is 4.72 Å². The molecule has 1 rings (SSSR count). The van der Waals surface area contributed by atoms with Crippen LogP contribution in [0.25, 0.3) is 0 Å². The second kappa shape index (κ2) is 8.23. The Morgan fingerprint density at radius 2 is 1.62 bits per heavy atom. The summed E-state index contributed by atoms with van der Waals surface area (Å²) < 4.78 is 23.0. The van der Waals surface area contributed by atoms with E-state index in [1.54, 1.807) is 0 Å². The van der Waals surface area contributed by atoms with Crippen LogP contribution in [0.3, 0.4) is 0 Å². The van der Waals surface area contributed by atoms with Crippen molar-refractivity contribution < 1.29 is 8.98 Å². The molecule has 6 heteroatoms. The maximum atomic E-state index is 12.6. The zero-order valence-corrected chi connectivity index (χ0v) is 19.6. The highest BCUT2D eigenvalue weighted by Crippen LogP contribution is 2.37. The minimum atomic E-state index is -1.86. The molecule has 0 radical (unpaired) electrons. The lowest BCUT2D eigenvalue weighted by Gasteiger charge is -2.37. The maximum Gasteiger partial charge on any atom is 0.192 e. The van der Waals surface area contributed by atoms with E-state index >= 15 is 0 Å². The molecule has 0 saturated carbocycles. The number of hydrogen-bond donors (Lipinski definition) is 1. The van der Waals surface area contributed by atoms with Gasteiger partial charge in [-0.1, -0.05) is 48.8 Å². The smallest absolute Gasteiger partial charge is 0.192 e. The zero-order chi connectivity index (χ0) is 18.8. The van der Waals surface area contributed by atoms with Gasteiger partial charge in [-0.3, -0.25) is 0 Å². The van der Waals surface area contributed by atoms with Gasteiger partial charge < -0.3 is 8.98 Å². The summed E-state index contributed by atoms with van der Waals surface area (Å²) in [6.45, 7) is 17.6. The second-order valence-corrected chi connectivity index (χ2v) is 16.4. The highest BCUT2D eigenvalue weighted by Gasteiger charge is 2.38. The summed E-state index contributed by atoms with van der Waals surface area (Å²) >= 11 is 2.32. The topological polar surface area (TPSA) is 44.3 Å². The van der Waals surface area contributed by atoms with Crippen LogP contribution in [0.15, 0.2) is 28.7 Å². The van der Waals surface area contributed by atoms with Crippen LogP contribution < -0.4 is 4.72 Å². The van der Waals surface area contributed by atoms with Crippen LogP contribution in [0, 0.1) is 0 Å². The van der Waals surface area contributed by atoms with Crippen molar-refractivity contribution in [3.05, 3.63) is 34.3 Å². The van der Waals surface area contributed by atoms with E-state index < -0.39 is 19.7 Å². The minimum Gasteiger partial charge on any atom is -0.598 e. The third kappa shape index (κ3) is 6.46. The first-order valence-electron chi connectivity index (χ1n) is 8.31. The average molecular weight is 435 g/mol. The van der Waals surface area contributed by atoms with E-state index in [2.05, 4.69) is 66.7 Å². The van der Waals surface area contributed by atoms with Crippen LogP contribution in [-0.4, -0.2) is 24.2 Å². The van der Waals surface area contributed by atoms with Crippen molar-refractivity contribution in [2.45, 2.75) is 70.5 Å². The quantitative estimate of drug-likeness (QED) is 0.471. The van der Waals surface area contributed by atoms with Gasteiger partial charge in [0.1, 0.15) is 4.75 Å². The Morgan fingerprint density at radius 1 is 1.12 bits per heavy atom. The van der Waals surface area contributed by atoms with Crippen LogP contribution in [0.5, 0.6) is 0 Å². The van der Waals surface area contributed by atoms with Crippen LogP contribution >= 0.6 is 15.9 Å². The molecule has 0 aliphatic carbocycles. The number of halogens is 1. The molecule has 3 nitrogen and oxygen atoms in total. The van der Waals surface area contributed by atoms with Gasteiger partial charge in [0.05, 0.1) is 12.6 Å². The molecular weight excluding hydrogens is 402 g/mol. The predicted octanol–water partition coefficient (Wildman–Crippen LogP) is 5.56. The summed E-state index contributed by atoms with van der Waals surface area (Å²) in [5.74, 6) is 0. The second-order valence-electron chi connectivity index (χ2n) is 8.67. The predicted molar refractivity (Wildman–Crippen MR) is 111 cm³/mol. The van der Waals surface area contributed by atoms with Crippen molar-refractivity contribution in [1.29, 1.82) is 0 Å². The van der Waals surface area contributed by atoms with E-state index in [-0.39, 0.29) is 15.8 Å². The Morgan fingerprint density at radius 3 is 2.04 bits per heavy atom. The largest absolute Gasteiger partial charge is 0.598 e. The molecule has 0 spiro atoms. The SMILES string of the molecule is CC(C)(C)[S@+]([O-])NC(CO[Si](C)(C)C(C)(C)C)c1ccc(Br)cc1. The van der Waals surface area contributed by atoms with Gasteiger partial charge in [0.2, 0.25) is 0 Å². The Labute approximate surface area is 160 Å². The molecule has 2 atom stereocenters. The summed E-state index contributed by atoms with van der Waals surface area (Å²) in [5, 5.41) is 0.153. The molecule has 0 aliphatic rings. The van der Waals surface area contributed by atoms with Crippen molar-refractivity contribution in [3.63, 3.8) is 0 Å². The molecule has 0 saturated heterocycles. The lowest BCUT2D eigenvalue weighted by atomic mass is 10.1. The van der Waals surface area contributed by atoms with E-state index in [1.807, 2.05) is 32.9 Å². The molecule has 1 unspecified atom stereocenters. The molecule has 0 heterocycles. The van der Waals surface area contributed by atoms with Crippen LogP contribution in [-0.2, 0) is 15.8 Å². The number of benzene rings is 1. The molecule has 1 aromatic rings. The molecule has 0 amide bonds. The zero-order valence-electron chi connectivity index (χ0n) is 16.2. The van der Waals surface area contributed by atoms with Gasteiger partial charge in [0.15, 0.2) is 8.32 Å². The van der Waals surface area contributed by atoms with E-state index in [9.17, 15) is 4.55 Å². The molecule has 1 N–H and O–H groups in total. The Balaban J connectivity index is 2.95. The summed E-state index contributed by atoms with van der Waals surface area (Å²) in [4.78, 5) is 0. The van der Waals surface area contributed by atoms with E-state index in [0.29, 0.717) is 6.61 Å². The third-order valence-electron chi connectivity index (χ3n) is 4.49. The fourth-order valence-electron chi connectivity index (χ4n) is 1.71. The van der Waals surface area contributed by atoms with Crippen LogP contribution in [0.2, 0.25) is 18.1 Å². The van der Waals surface area contributed by atoms with E-state index in [4.69, 9.17) is 4.43 Å². The fourth-order valence-corrected chi connectivity index (χ4v) is 3.80. The maximum absolute atomic E-state index is 12.6. The van der Waals surface area contributed by atoms with Gasteiger partial charge in [-0.2, -0.15) is 0 Å². The Hall–Kier alpha value is 0.147. The van der Waals surface area contributed by atoms with Crippen molar-refractivity contribution in [2.24, 2.45) is 0 Å². The van der Waals surface area contributed by atoms with Gasteiger partial charge in [0, 0.05) is 15.8 Å². The van der Waals surface area contributed by atoms with Crippen LogP contribution in [0.4, 0.5) is 0 Å². The summed E-state index contributed by atoms with van der Waals surface area (Å²) in [5.41, 5.74) is 1.09. The van der Waals surface area contributed by atoms with Gasteiger partial charge >= 0.3 is 0 Å². The van der Waals surface area contributed by atoms with Crippen molar-refractivity contribution in [2.75, 3.05) is 6.61 Å². The lowest BCUT2D eigenvalue weighted by Crippen LogP contribution is -2.46. The molecule has 138 valence electrons. The first-order chi connectivity index (χ1) is 10.7. The molecule has 0 fully saturated rings. The van der Waals surface area contributed by atoms with Gasteiger partial charge in [-0.25, -0.2) is 0 Å². The molecule has 24 heavy (non-hydrogen) atoms. The molecule has 1 aromatic carbocycles. The molecule has 0 aliphatic heterocycles. The average Bonchev–Trinajstić information content (AvgIpc) is 2.42. The highest BCUT2D eigenvalue weighted by molar-refractivity contribution is 9.10. The van der Waals surface area contributed by atoms with Crippen molar-refractivity contribution in [1.82, 2.24) is 4.72 Å². The standard InChI is InChI=1S/C18H32BrNO2SSi/c1-17(2,3)23(21)20-16(14-9-11-15(19)12-10-14)13-22-24(7,8)18(4,5)6/h9-12,16,20H,13H2,1-8H3/t16?,23-/m0/s1. The molecule has 0 bridgehead atoms. The summed E-state index contributed by atoms with van der Waals surface area (Å²) in [6.07, 6.45) is 0. The molecule has 0 aromatic heterocycles. The number of hydrogen-bond acceptors (Lipinski definition) is 3. The number of rotatable bonds is 6. The van der Waals surface area contributed by atoms with E-state index in [1.165, 1.54) is 0 Å². The van der Waals surface area contributed by atoms with Crippen LogP contribution in [0.1, 0.15) is 53.1 Å². The molecular formula is C18H32BrNO2SSi. The van der Waals surface area contributed by atoms with Crippen molar-refractivity contribution >= 4 is 35.6 Å². The Bertz CT molecular complexity index is 523. The van der Waals surface area contributed by atoms with Gasteiger partial charge in [0.25, 0.3) is 0 Å². The summed E-state index contributed by atoms with van der Waals surface area (Å²) in [6, 6.07) is 8.03. The van der Waals surface area contributed by atoms with Crippen molar-refractivity contribution in [3.8, 4) is 0 Å². The summed E-state index contributed by atoms with van der Waals surface area (Å²) in [7, 11) is -1.86. The normalized spacial score (nSPS) is 16.1. The number of nitrogens with one attached hydrogen (secondary N) is 1. The first-order valence-corrected chi connectivity index (χ1v) is 13.2. The third-order valence-corrected chi connectivity index (χ3v) is 11.1. The minimum absolute atomic E-state index is 0.0905. The van der Waals surface area contributed by atoms with Gasteiger partial charge in [-0.05, 0) is 56.6 Å². The highest BCUT2D eigenvalue weighted by atomic mass is 79.9. The Kier molecular flexibility index (Phi) is 7.61. The lowest BCUT2D eigenvalue weighted by molar-refractivity contribution is 0.256. The van der Waals surface area contributed by atoms with E-state index in [0.717, 1.165) is 10.0 Å².